The fourth-order valence-corrected chi connectivity index (χ4v) is 2.55. The number of rotatable bonds is 4. The molecule has 0 saturated carbocycles. The molecule has 2 unspecified atom stereocenters. The molecular weight excluding hydrogens is 224 g/mol. The standard InChI is InChI=1S/C15H24N2O/c1-5-16-15-12-8-6-7-9-14(12)18-10-13(15)17(4)11(2)3/h6-9,11,13,15-16H,5,10H2,1-4H3. The molecule has 1 N–H and O–H groups in total. The van der Waals surface area contributed by atoms with Crippen LogP contribution in [0.4, 0.5) is 0 Å². The molecule has 1 heterocycles. The SMILES string of the molecule is CCNC1c2ccccc2OCC1N(C)C(C)C. The zero-order valence-corrected chi connectivity index (χ0v) is 11.8. The second kappa shape index (κ2) is 5.72. The number of benzene rings is 1. The minimum absolute atomic E-state index is 0.354. The summed E-state index contributed by atoms with van der Waals surface area (Å²) in [7, 11) is 2.18. The fourth-order valence-electron chi connectivity index (χ4n) is 2.55. The molecule has 18 heavy (non-hydrogen) atoms. The summed E-state index contributed by atoms with van der Waals surface area (Å²) in [4.78, 5) is 2.39. The van der Waals surface area contributed by atoms with E-state index in [-0.39, 0.29) is 0 Å². The molecule has 0 bridgehead atoms. The Morgan fingerprint density at radius 2 is 2.11 bits per heavy atom. The van der Waals surface area contributed by atoms with Gasteiger partial charge in [-0.15, -0.1) is 0 Å². The van der Waals surface area contributed by atoms with E-state index in [2.05, 4.69) is 56.2 Å². The minimum atomic E-state index is 0.354. The van der Waals surface area contributed by atoms with Crippen molar-refractivity contribution < 1.29 is 4.74 Å². The summed E-state index contributed by atoms with van der Waals surface area (Å²) in [5.41, 5.74) is 1.28. The summed E-state index contributed by atoms with van der Waals surface area (Å²) < 4.78 is 5.90. The number of nitrogens with one attached hydrogen (secondary N) is 1. The van der Waals surface area contributed by atoms with E-state index < -0.39 is 0 Å². The van der Waals surface area contributed by atoms with Gasteiger partial charge in [-0.1, -0.05) is 25.1 Å². The van der Waals surface area contributed by atoms with Crippen molar-refractivity contribution in [2.24, 2.45) is 0 Å². The van der Waals surface area contributed by atoms with Gasteiger partial charge >= 0.3 is 0 Å². The number of fused-ring (bicyclic) bond motifs is 1. The molecule has 1 aliphatic heterocycles. The predicted octanol–water partition coefficient (Wildman–Crippen LogP) is 2.44. The van der Waals surface area contributed by atoms with Crippen LogP contribution in [0.25, 0.3) is 0 Å². The molecular formula is C15H24N2O. The minimum Gasteiger partial charge on any atom is -0.492 e. The van der Waals surface area contributed by atoms with E-state index in [0.717, 1.165) is 18.9 Å². The highest BCUT2D eigenvalue weighted by Gasteiger charge is 2.33. The third-order valence-electron chi connectivity index (χ3n) is 3.81. The summed E-state index contributed by atoms with van der Waals surface area (Å²) >= 11 is 0. The van der Waals surface area contributed by atoms with Crippen LogP contribution in [0.2, 0.25) is 0 Å². The molecule has 0 spiro atoms. The smallest absolute Gasteiger partial charge is 0.124 e. The second-order valence-corrected chi connectivity index (χ2v) is 5.21. The van der Waals surface area contributed by atoms with E-state index in [0.29, 0.717) is 18.1 Å². The van der Waals surface area contributed by atoms with Gasteiger partial charge in [0.15, 0.2) is 0 Å². The van der Waals surface area contributed by atoms with E-state index in [1.54, 1.807) is 0 Å². The zero-order valence-electron chi connectivity index (χ0n) is 11.8. The molecule has 3 nitrogen and oxygen atoms in total. The predicted molar refractivity (Wildman–Crippen MR) is 75.0 cm³/mol. The largest absolute Gasteiger partial charge is 0.492 e. The first-order chi connectivity index (χ1) is 8.65. The van der Waals surface area contributed by atoms with Crippen LogP contribution in [0.15, 0.2) is 24.3 Å². The van der Waals surface area contributed by atoms with Gasteiger partial charge in [0.05, 0.1) is 12.1 Å². The van der Waals surface area contributed by atoms with Gasteiger partial charge < -0.3 is 10.1 Å². The van der Waals surface area contributed by atoms with E-state index >= 15 is 0 Å². The number of likely N-dealkylation sites (N-methyl/N-ethyl adjacent to an activating group) is 2. The Balaban J connectivity index is 2.29. The van der Waals surface area contributed by atoms with Gasteiger partial charge in [-0.25, -0.2) is 0 Å². The molecule has 1 aromatic carbocycles. The fraction of sp³-hybridized carbons (Fsp3) is 0.600. The van der Waals surface area contributed by atoms with Crippen LogP contribution in [-0.4, -0.2) is 37.2 Å². The Morgan fingerprint density at radius 3 is 2.78 bits per heavy atom. The van der Waals surface area contributed by atoms with Gasteiger partial charge in [-0.3, -0.25) is 4.90 Å². The summed E-state index contributed by atoms with van der Waals surface area (Å²) in [5, 5.41) is 3.60. The van der Waals surface area contributed by atoms with Crippen LogP contribution in [-0.2, 0) is 0 Å². The second-order valence-electron chi connectivity index (χ2n) is 5.21. The maximum atomic E-state index is 5.90. The van der Waals surface area contributed by atoms with Crippen LogP contribution in [0.5, 0.6) is 5.75 Å². The Morgan fingerprint density at radius 1 is 1.39 bits per heavy atom. The molecule has 2 rings (SSSR count). The third-order valence-corrected chi connectivity index (χ3v) is 3.81. The molecule has 1 aromatic rings. The normalized spacial score (nSPS) is 23.0. The molecule has 0 aromatic heterocycles. The number of hydrogen-bond donors (Lipinski definition) is 1. The summed E-state index contributed by atoms with van der Waals surface area (Å²) in [6.07, 6.45) is 0. The van der Waals surface area contributed by atoms with Crippen molar-refractivity contribution in [2.75, 3.05) is 20.2 Å². The van der Waals surface area contributed by atoms with Crippen LogP contribution in [0, 0.1) is 0 Å². The van der Waals surface area contributed by atoms with Crippen LogP contribution < -0.4 is 10.1 Å². The first kappa shape index (κ1) is 13.4. The van der Waals surface area contributed by atoms with Crippen molar-refractivity contribution in [3.63, 3.8) is 0 Å². The molecule has 0 amide bonds. The van der Waals surface area contributed by atoms with Crippen molar-refractivity contribution in [2.45, 2.75) is 38.9 Å². The lowest BCUT2D eigenvalue weighted by Gasteiger charge is -2.41. The number of para-hydroxylation sites is 1. The van der Waals surface area contributed by atoms with Crippen molar-refractivity contribution in [3.8, 4) is 5.75 Å². The monoisotopic (exact) mass is 248 g/mol. The van der Waals surface area contributed by atoms with Crippen molar-refractivity contribution in [3.05, 3.63) is 29.8 Å². The lowest BCUT2D eigenvalue weighted by Crippen LogP contribution is -2.50. The van der Waals surface area contributed by atoms with E-state index in [4.69, 9.17) is 4.74 Å². The van der Waals surface area contributed by atoms with Crippen molar-refractivity contribution in [1.82, 2.24) is 10.2 Å². The molecule has 3 heteroatoms. The first-order valence-electron chi connectivity index (χ1n) is 6.82. The molecule has 0 fully saturated rings. The first-order valence-corrected chi connectivity index (χ1v) is 6.82. The van der Waals surface area contributed by atoms with E-state index in [1.807, 2.05) is 6.07 Å². The molecule has 100 valence electrons. The third kappa shape index (κ3) is 2.52. The molecule has 1 aliphatic rings. The lowest BCUT2D eigenvalue weighted by molar-refractivity contribution is 0.0852. The maximum Gasteiger partial charge on any atom is 0.124 e. The average molecular weight is 248 g/mol. The zero-order chi connectivity index (χ0) is 13.1. The van der Waals surface area contributed by atoms with Crippen LogP contribution in [0.3, 0.4) is 0 Å². The van der Waals surface area contributed by atoms with Crippen molar-refractivity contribution >= 4 is 0 Å². The highest BCUT2D eigenvalue weighted by atomic mass is 16.5. The molecule has 2 atom stereocenters. The summed E-state index contributed by atoms with van der Waals surface area (Å²) in [6, 6.07) is 9.62. The van der Waals surface area contributed by atoms with Crippen LogP contribution >= 0.6 is 0 Å². The topological polar surface area (TPSA) is 24.5 Å². The highest BCUT2D eigenvalue weighted by molar-refractivity contribution is 5.38. The van der Waals surface area contributed by atoms with E-state index in [9.17, 15) is 0 Å². The Labute approximate surface area is 110 Å². The van der Waals surface area contributed by atoms with Gasteiger partial charge in [-0.05, 0) is 33.5 Å². The quantitative estimate of drug-likeness (QED) is 0.885. The van der Waals surface area contributed by atoms with Gasteiger partial charge in [0, 0.05) is 11.6 Å². The summed E-state index contributed by atoms with van der Waals surface area (Å²) in [6.45, 7) is 8.34. The number of nitrogens with zero attached hydrogens (tertiary/aromatic N) is 1. The average Bonchev–Trinajstić information content (AvgIpc) is 2.38. The Hall–Kier alpha value is -1.06. The van der Waals surface area contributed by atoms with Gasteiger partial charge in [-0.2, -0.15) is 0 Å². The van der Waals surface area contributed by atoms with Gasteiger partial charge in [0.1, 0.15) is 12.4 Å². The molecule has 0 radical (unpaired) electrons. The van der Waals surface area contributed by atoms with Gasteiger partial charge in [0.2, 0.25) is 0 Å². The molecule has 0 aliphatic carbocycles. The number of ether oxygens (including phenoxy) is 1. The lowest BCUT2D eigenvalue weighted by atomic mass is 9.94. The van der Waals surface area contributed by atoms with Crippen LogP contribution in [0.1, 0.15) is 32.4 Å². The highest BCUT2D eigenvalue weighted by Crippen LogP contribution is 2.34. The Bertz CT molecular complexity index is 392. The Kier molecular flexibility index (Phi) is 4.25. The summed E-state index contributed by atoms with van der Waals surface area (Å²) in [5.74, 6) is 1.02. The van der Waals surface area contributed by atoms with E-state index in [1.165, 1.54) is 5.56 Å². The van der Waals surface area contributed by atoms with Crippen molar-refractivity contribution in [1.29, 1.82) is 0 Å². The maximum absolute atomic E-state index is 5.90. The molecule has 0 saturated heterocycles. The number of hydrogen-bond acceptors (Lipinski definition) is 3. The van der Waals surface area contributed by atoms with Gasteiger partial charge in [0.25, 0.3) is 0 Å².